The highest BCUT2D eigenvalue weighted by atomic mass is 19.4. The summed E-state index contributed by atoms with van der Waals surface area (Å²) in [7, 11) is 0. The molecule has 0 radical (unpaired) electrons. The Balaban J connectivity index is 2.24. The van der Waals surface area contributed by atoms with E-state index in [4.69, 9.17) is 9.52 Å². The van der Waals surface area contributed by atoms with Gasteiger partial charge in [-0.2, -0.15) is 13.2 Å². The monoisotopic (exact) mass is 287 g/mol. The molecule has 20 heavy (non-hydrogen) atoms. The highest BCUT2D eigenvalue weighted by molar-refractivity contribution is 5.84. The molecule has 0 aliphatic heterocycles. The zero-order valence-corrected chi connectivity index (χ0v) is 9.76. The van der Waals surface area contributed by atoms with Gasteiger partial charge in [-0.1, -0.05) is 0 Å². The molecule has 2 aromatic heterocycles. The average molecular weight is 287 g/mol. The van der Waals surface area contributed by atoms with Gasteiger partial charge in [0.1, 0.15) is 5.76 Å². The summed E-state index contributed by atoms with van der Waals surface area (Å²) in [5.41, 5.74) is -1.02. The largest absolute Gasteiger partial charge is 0.475 e. The maximum atomic E-state index is 12.3. The van der Waals surface area contributed by atoms with Crippen LogP contribution in [0.25, 0.3) is 0 Å². The third kappa shape index (κ3) is 2.80. The fourth-order valence-electron chi connectivity index (χ4n) is 1.50. The number of carbonyl (C=O) groups is 1. The molecule has 1 atom stereocenters. The lowest BCUT2D eigenvalue weighted by molar-refractivity contribution is -0.137. The first-order valence-corrected chi connectivity index (χ1v) is 5.33. The van der Waals surface area contributed by atoms with Crippen molar-refractivity contribution in [3.63, 3.8) is 0 Å². The fraction of sp³-hybridized carbons (Fsp3) is 0.167. The summed E-state index contributed by atoms with van der Waals surface area (Å²) in [5.74, 6) is -1.82. The van der Waals surface area contributed by atoms with E-state index >= 15 is 0 Å². The number of pyridine rings is 1. The molecule has 2 aromatic rings. The van der Waals surface area contributed by atoms with Crippen molar-refractivity contribution in [2.75, 3.05) is 0 Å². The number of hydrogen-bond donors (Lipinski definition) is 2. The van der Waals surface area contributed by atoms with Gasteiger partial charge >= 0.3 is 12.1 Å². The Morgan fingerprint density at radius 1 is 1.25 bits per heavy atom. The Kier molecular flexibility index (Phi) is 3.49. The highest BCUT2D eigenvalue weighted by Crippen LogP contribution is 2.30. The standard InChI is InChI=1S/C12H8F3NO4/c13-12(14,15)6-1-2-7(16-5-6)10(17)8-3-4-9(20-8)11(18)19/h1-5,10,17H,(H,18,19). The van der Waals surface area contributed by atoms with E-state index in [1.807, 2.05) is 0 Å². The zero-order chi connectivity index (χ0) is 14.9. The number of aliphatic hydroxyl groups excluding tert-OH is 1. The van der Waals surface area contributed by atoms with Crippen LogP contribution in [0.3, 0.4) is 0 Å². The molecule has 2 N–H and O–H groups in total. The predicted molar refractivity (Wildman–Crippen MR) is 59.0 cm³/mol. The van der Waals surface area contributed by atoms with Gasteiger partial charge in [-0.3, -0.25) is 4.98 Å². The Labute approximate surface area is 110 Å². The lowest BCUT2D eigenvalue weighted by atomic mass is 10.1. The molecule has 0 spiro atoms. The summed E-state index contributed by atoms with van der Waals surface area (Å²) in [6.07, 6.45) is -5.37. The molecule has 0 saturated carbocycles. The van der Waals surface area contributed by atoms with E-state index in [1.54, 1.807) is 0 Å². The molecule has 0 saturated heterocycles. The van der Waals surface area contributed by atoms with Crippen LogP contribution in [0.15, 0.2) is 34.9 Å². The van der Waals surface area contributed by atoms with Crippen molar-refractivity contribution in [1.29, 1.82) is 0 Å². The van der Waals surface area contributed by atoms with Crippen molar-refractivity contribution in [3.8, 4) is 0 Å². The Morgan fingerprint density at radius 3 is 2.40 bits per heavy atom. The molecule has 0 bridgehead atoms. The number of carboxylic acids is 1. The maximum absolute atomic E-state index is 12.3. The number of aromatic carboxylic acids is 1. The number of aromatic nitrogens is 1. The first-order chi connectivity index (χ1) is 9.29. The van der Waals surface area contributed by atoms with E-state index < -0.39 is 23.8 Å². The number of rotatable bonds is 3. The summed E-state index contributed by atoms with van der Waals surface area (Å²) < 4.78 is 41.9. The maximum Gasteiger partial charge on any atom is 0.417 e. The molecular weight excluding hydrogens is 279 g/mol. The SMILES string of the molecule is O=C(O)c1ccc(C(O)c2ccc(C(F)(F)F)cn2)o1. The van der Waals surface area contributed by atoms with Crippen molar-refractivity contribution in [3.05, 3.63) is 53.2 Å². The topological polar surface area (TPSA) is 83.6 Å². The smallest absolute Gasteiger partial charge is 0.417 e. The quantitative estimate of drug-likeness (QED) is 0.906. The normalized spacial score (nSPS) is 13.2. The van der Waals surface area contributed by atoms with Crippen molar-refractivity contribution in [2.45, 2.75) is 12.3 Å². The van der Waals surface area contributed by atoms with Crippen LogP contribution < -0.4 is 0 Å². The van der Waals surface area contributed by atoms with Crippen LogP contribution in [-0.2, 0) is 6.18 Å². The van der Waals surface area contributed by atoms with E-state index in [0.717, 1.165) is 18.2 Å². The Bertz CT molecular complexity index is 618. The minimum atomic E-state index is -4.52. The molecule has 0 amide bonds. The molecule has 106 valence electrons. The minimum absolute atomic E-state index is 0.0794. The Hall–Kier alpha value is -2.35. The molecule has 0 fully saturated rings. The summed E-state index contributed by atoms with van der Waals surface area (Å²) in [6.45, 7) is 0. The lowest BCUT2D eigenvalue weighted by Crippen LogP contribution is -2.07. The number of aliphatic hydroxyl groups is 1. The molecule has 2 rings (SSSR count). The molecule has 8 heteroatoms. The van der Waals surface area contributed by atoms with Gasteiger partial charge in [-0.25, -0.2) is 4.79 Å². The van der Waals surface area contributed by atoms with Gasteiger partial charge in [0.2, 0.25) is 5.76 Å². The first kappa shape index (κ1) is 14.1. The van der Waals surface area contributed by atoms with Gasteiger partial charge in [0, 0.05) is 6.20 Å². The van der Waals surface area contributed by atoms with Crippen LogP contribution in [0.2, 0.25) is 0 Å². The third-order valence-corrected chi connectivity index (χ3v) is 2.50. The number of hydrogen-bond acceptors (Lipinski definition) is 4. The highest BCUT2D eigenvalue weighted by Gasteiger charge is 2.31. The summed E-state index contributed by atoms with van der Waals surface area (Å²) >= 11 is 0. The number of alkyl halides is 3. The number of halogens is 3. The molecule has 1 unspecified atom stereocenters. The van der Waals surface area contributed by atoms with Crippen molar-refractivity contribution in [1.82, 2.24) is 4.98 Å². The van der Waals surface area contributed by atoms with Crippen molar-refractivity contribution < 1.29 is 32.6 Å². The van der Waals surface area contributed by atoms with Crippen molar-refractivity contribution in [2.24, 2.45) is 0 Å². The molecule has 0 aliphatic carbocycles. The van der Waals surface area contributed by atoms with E-state index in [9.17, 15) is 23.1 Å². The van der Waals surface area contributed by atoms with Crippen LogP contribution in [0.5, 0.6) is 0 Å². The fourth-order valence-corrected chi connectivity index (χ4v) is 1.50. The molecule has 5 nitrogen and oxygen atoms in total. The van der Waals surface area contributed by atoms with Crippen molar-refractivity contribution >= 4 is 5.97 Å². The molecule has 0 aliphatic rings. The van der Waals surface area contributed by atoms with Gasteiger partial charge in [0.05, 0.1) is 11.3 Å². The van der Waals surface area contributed by atoms with Crippen LogP contribution in [-0.4, -0.2) is 21.2 Å². The van der Waals surface area contributed by atoms with Crippen LogP contribution in [0.4, 0.5) is 13.2 Å². The number of furan rings is 1. The summed E-state index contributed by atoms with van der Waals surface area (Å²) in [5, 5.41) is 18.5. The third-order valence-electron chi connectivity index (χ3n) is 2.50. The second-order valence-electron chi connectivity index (χ2n) is 3.88. The van der Waals surface area contributed by atoms with Crippen LogP contribution >= 0.6 is 0 Å². The molecule has 0 aromatic carbocycles. The first-order valence-electron chi connectivity index (χ1n) is 5.33. The van der Waals surface area contributed by atoms with Gasteiger partial charge in [-0.15, -0.1) is 0 Å². The number of nitrogens with zero attached hydrogens (tertiary/aromatic N) is 1. The van der Waals surface area contributed by atoms with Gasteiger partial charge in [0.15, 0.2) is 6.10 Å². The average Bonchev–Trinajstić information content (AvgIpc) is 2.86. The van der Waals surface area contributed by atoms with E-state index in [0.29, 0.717) is 6.20 Å². The predicted octanol–water partition coefficient (Wildman–Crippen LogP) is 2.47. The van der Waals surface area contributed by atoms with Gasteiger partial charge < -0.3 is 14.6 Å². The Morgan fingerprint density at radius 2 is 1.95 bits per heavy atom. The minimum Gasteiger partial charge on any atom is -0.475 e. The van der Waals surface area contributed by atoms with E-state index in [2.05, 4.69) is 4.98 Å². The number of carboxylic acid groups (broad SMARTS) is 1. The van der Waals surface area contributed by atoms with Gasteiger partial charge in [0.25, 0.3) is 0 Å². The second kappa shape index (κ2) is 4.97. The van der Waals surface area contributed by atoms with E-state index in [-0.39, 0.29) is 17.2 Å². The van der Waals surface area contributed by atoms with Crippen LogP contribution in [0, 0.1) is 0 Å². The lowest BCUT2D eigenvalue weighted by Gasteiger charge is -2.09. The van der Waals surface area contributed by atoms with Crippen LogP contribution in [0.1, 0.15) is 33.7 Å². The summed E-state index contributed by atoms with van der Waals surface area (Å²) in [6, 6.07) is 4.11. The van der Waals surface area contributed by atoms with E-state index in [1.165, 1.54) is 6.07 Å². The second-order valence-corrected chi connectivity index (χ2v) is 3.88. The zero-order valence-electron chi connectivity index (χ0n) is 9.76. The molecule has 2 heterocycles. The summed E-state index contributed by atoms with van der Waals surface area (Å²) in [4.78, 5) is 14.1. The van der Waals surface area contributed by atoms with Gasteiger partial charge in [-0.05, 0) is 24.3 Å². The molecular formula is C12H8F3NO4.